The summed E-state index contributed by atoms with van der Waals surface area (Å²) in [6, 6.07) is 0.160. The molecule has 0 aromatic carbocycles. The van der Waals surface area contributed by atoms with Crippen LogP contribution in [0, 0.1) is 5.92 Å². The third kappa shape index (κ3) is 3.17. The molecule has 1 aliphatic rings. The molecule has 1 fully saturated rings. The summed E-state index contributed by atoms with van der Waals surface area (Å²) in [4.78, 5) is 11.8. The van der Waals surface area contributed by atoms with Gasteiger partial charge in [-0.15, -0.1) is 5.10 Å². The lowest BCUT2D eigenvalue weighted by Crippen LogP contribution is -2.22. The summed E-state index contributed by atoms with van der Waals surface area (Å²) in [6.07, 6.45) is 4.42. The minimum absolute atomic E-state index is 0.160. The summed E-state index contributed by atoms with van der Waals surface area (Å²) in [5, 5.41) is 11.6. The minimum Gasteiger partial charge on any atom is -0.464 e. The van der Waals surface area contributed by atoms with Crippen molar-refractivity contribution in [3.8, 4) is 0 Å². The first kappa shape index (κ1) is 15.0. The maximum atomic E-state index is 11.8. The van der Waals surface area contributed by atoms with Gasteiger partial charge in [0.2, 0.25) is 0 Å². The summed E-state index contributed by atoms with van der Waals surface area (Å²) < 4.78 is 6.70. The second kappa shape index (κ2) is 6.83. The maximum absolute atomic E-state index is 11.8. The molecular formula is C14H24N4O2. The molecular weight excluding hydrogens is 256 g/mol. The first-order valence-corrected chi connectivity index (χ1v) is 7.42. The molecule has 0 aliphatic carbocycles. The van der Waals surface area contributed by atoms with Gasteiger partial charge in [-0.2, -0.15) is 0 Å². The average molecular weight is 280 g/mol. The van der Waals surface area contributed by atoms with E-state index in [-0.39, 0.29) is 6.04 Å². The van der Waals surface area contributed by atoms with Crippen molar-refractivity contribution in [3.05, 3.63) is 11.4 Å². The van der Waals surface area contributed by atoms with Crippen LogP contribution in [0.25, 0.3) is 0 Å². The molecule has 1 aromatic heterocycles. The quantitative estimate of drug-likeness (QED) is 0.806. The van der Waals surface area contributed by atoms with Crippen molar-refractivity contribution in [2.75, 3.05) is 13.7 Å². The number of nitrogens with one attached hydrogen (secondary N) is 1. The molecule has 20 heavy (non-hydrogen) atoms. The predicted molar refractivity (Wildman–Crippen MR) is 75.4 cm³/mol. The maximum Gasteiger partial charge on any atom is 0.360 e. The van der Waals surface area contributed by atoms with Crippen molar-refractivity contribution in [2.45, 2.75) is 52.1 Å². The number of esters is 1. The molecule has 0 spiro atoms. The van der Waals surface area contributed by atoms with E-state index in [9.17, 15) is 4.79 Å². The molecule has 2 rings (SSSR count). The Bertz CT molecular complexity index is 452. The monoisotopic (exact) mass is 280 g/mol. The minimum atomic E-state index is -0.400. The van der Waals surface area contributed by atoms with Crippen molar-refractivity contribution < 1.29 is 9.53 Å². The van der Waals surface area contributed by atoms with E-state index in [1.807, 2.05) is 4.68 Å². The van der Waals surface area contributed by atoms with Gasteiger partial charge in [0, 0.05) is 6.54 Å². The zero-order valence-corrected chi connectivity index (χ0v) is 12.6. The molecule has 0 bridgehead atoms. The standard InChI is InChI=1S/C14H24N4O2/c1-4-6-10(2)9-18-13(11-7-5-8-15-11)12(16-17-18)14(19)20-3/h10-11,15H,4-9H2,1-3H3. The zero-order chi connectivity index (χ0) is 14.5. The van der Waals surface area contributed by atoms with Crippen LogP contribution in [0.1, 0.15) is 61.8 Å². The summed E-state index contributed by atoms with van der Waals surface area (Å²) in [7, 11) is 1.38. The van der Waals surface area contributed by atoms with Crippen LogP contribution in [-0.4, -0.2) is 34.6 Å². The molecule has 0 saturated carbocycles. The Balaban J connectivity index is 2.26. The molecule has 6 nitrogen and oxygen atoms in total. The first-order valence-electron chi connectivity index (χ1n) is 7.42. The molecule has 6 heteroatoms. The van der Waals surface area contributed by atoms with E-state index in [0.29, 0.717) is 11.6 Å². The van der Waals surface area contributed by atoms with Crippen LogP contribution in [0.3, 0.4) is 0 Å². The smallest absolute Gasteiger partial charge is 0.360 e. The van der Waals surface area contributed by atoms with Crippen LogP contribution in [0.5, 0.6) is 0 Å². The number of hydrogen-bond acceptors (Lipinski definition) is 5. The highest BCUT2D eigenvalue weighted by Gasteiger charge is 2.29. The van der Waals surface area contributed by atoms with Crippen LogP contribution in [0.4, 0.5) is 0 Å². The SMILES string of the molecule is CCCC(C)Cn1nnc(C(=O)OC)c1C1CCCN1. The third-order valence-corrected chi connectivity index (χ3v) is 3.81. The summed E-state index contributed by atoms with van der Waals surface area (Å²) in [5.74, 6) is 0.121. The number of methoxy groups -OCH3 is 1. The van der Waals surface area contributed by atoms with Gasteiger partial charge in [-0.3, -0.25) is 0 Å². The number of nitrogens with zero attached hydrogens (tertiary/aromatic N) is 3. The highest BCUT2D eigenvalue weighted by Crippen LogP contribution is 2.26. The second-order valence-electron chi connectivity index (χ2n) is 5.54. The molecule has 2 heterocycles. The number of rotatable bonds is 6. The number of hydrogen-bond donors (Lipinski definition) is 1. The summed E-state index contributed by atoms with van der Waals surface area (Å²) in [6.45, 7) is 6.15. The van der Waals surface area contributed by atoms with Gasteiger partial charge >= 0.3 is 5.97 Å². The van der Waals surface area contributed by atoms with Crippen LogP contribution >= 0.6 is 0 Å². The molecule has 1 N–H and O–H groups in total. The molecule has 0 radical (unpaired) electrons. The van der Waals surface area contributed by atoms with Gasteiger partial charge in [0.05, 0.1) is 18.8 Å². The highest BCUT2D eigenvalue weighted by atomic mass is 16.5. The molecule has 2 atom stereocenters. The van der Waals surface area contributed by atoms with Gasteiger partial charge in [-0.25, -0.2) is 9.48 Å². The topological polar surface area (TPSA) is 69.0 Å². The molecule has 2 unspecified atom stereocenters. The van der Waals surface area contributed by atoms with Crippen LogP contribution < -0.4 is 5.32 Å². The third-order valence-electron chi connectivity index (χ3n) is 3.81. The van der Waals surface area contributed by atoms with Gasteiger partial charge in [-0.1, -0.05) is 25.5 Å². The van der Waals surface area contributed by atoms with Crippen molar-refractivity contribution in [3.63, 3.8) is 0 Å². The molecule has 112 valence electrons. The number of carbonyl (C=O) groups excluding carboxylic acids is 1. The van der Waals surface area contributed by atoms with Crippen LogP contribution in [0.2, 0.25) is 0 Å². The first-order chi connectivity index (χ1) is 9.67. The number of aromatic nitrogens is 3. The Kier molecular flexibility index (Phi) is 5.11. The number of ether oxygens (including phenoxy) is 1. The summed E-state index contributed by atoms with van der Waals surface area (Å²) in [5.41, 5.74) is 1.24. The van der Waals surface area contributed by atoms with Gasteiger partial charge in [-0.05, 0) is 31.7 Å². The van der Waals surface area contributed by atoms with Gasteiger partial charge in [0.15, 0.2) is 5.69 Å². The average Bonchev–Trinajstić information content (AvgIpc) is 3.06. The van der Waals surface area contributed by atoms with Crippen molar-refractivity contribution in [1.82, 2.24) is 20.3 Å². The second-order valence-corrected chi connectivity index (χ2v) is 5.54. The highest BCUT2D eigenvalue weighted by molar-refractivity contribution is 5.88. The van der Waals surface area contributed by atoms with Gasteiger partial charge < -0.3 is 10.1 Å². The molecule has 1 saturated heterocycles. The van der Waals surface area contributed by atoms with Gasteiger partial charge in [0.1, 0.15) is 0 Å². The summed E-state index contributed by atoms with van der Waals surface area (Å²) >= 11 is 0. The van der Waals surface area contributed by atoms with E-state index < -0.39 is 5.97 Å². The van der Waals surface area contributed by atoms with Crippen LogP contribution in [-0.2, 0) is 11.3 Å². The van der Waals surface area contributed by atoms with E-state index in [2.05, 4.69) is 29.5 Å². The van der Waals surface area contributed by atoms with Crippen molar-refractivity contribution in [2.24, 2.45) is 5.92 Å². The fourth-order valence-corrected chi connectivity index (χ4v) is 2.84. The zero-order valence-electron chi connectivity index (χ0n) is 12.6. The Morgan fingerprint density at radius 1 is 1.60 bits per heavy atom. The van der Waals surface area contributed by atoms with E-state index in [0.717, 1.165) is 44.5 Å². The fourth-order valence-electron chi connectivity index (χ4n) is 2.84. The van der Waals surface area contributed by atoms with E-state index >= 15 is 0 Å². The number of carbonyl (C=O) groups is 1. The van der Waals surface area contributed by atoms with Gasteiger partial charge in [0.25, 0.3) is 0 Å². The Morgan fingerprint density at radius 2 is 2.40 bits per heavy atom. The van der Waals surface area contributed by atoms with E-state index in [1.54, 1.807) is 0 Å². The molecule has 1 aliphatic heterocycles. The molecule has 0 amide bonds. The van der Waals surface area contributed by atoms with E-state index in [4.69, 9.17) is 4.74 Å². The van der Waals surface area contributed by atoms with Crippen molar-refractivity contribution >= 4 is 5.97 Å². The Morgan fingerprint density at radius 3 is 3.00 bits per heavy atom. The Hall–Kier alpha value is -1.43. The Labute approximate surface area is 119 Å². The molecule has 1 aromatic rings. The lowest BCUT2D eigenvalue weighted by molar-refractivity contribution is 0.0591. The lowest BCUT2D eigenvalue weighted by Gasteiger charge is -2.16. The fraction of sp³-hybridized carbons (Fsp3) is 0.786. The van der Waals surface area contributed by atoms with E-state index in [1.165, 1.54) is 7.11 Å². The van der Waals surface area contributed by atoms with Crippen LogP contribution in [0.15, 0.2) is 0 Å². The van der Waals surface area contributed by atoms with Crippen molar-refractivity contribution in [1.29, 1.82) is 0 Å². The normalized spacial score (nSPS) is 20.1. The lowest BCUT2D eigenvalue weighted by atomic mass is 10.1. The largest absolute Gasteiger partial charge is 0.464 e. The predicted octanol–water partition coefficient (Wildman–Crippen LogP) is 1.93.